The molecule has 2 aliphatic carbocycles. The van der Waals surface area contributed by atoms with Gasteiger partial charge in [-0.2, -0.15) is 0 Å². The zero-order valence-electron chi connectivity index (χ0n) is 10.5. The van der Waals surface area contributed by atoms with Crippen molar-refractivity contribution < 1.29 is 14.3 Å². The first kappa shape index (κ1) is 12.6. The Balaban J connectivity index is 2.03. The minimum Gasteiger partial charge on any atom is -0.392 e. The first-order chi connectivity index (χ1) is 8.60. The number of fused-ring (bicyclic) bond motifs is 1. The van der Waals surface area contributed by atoms with E-state index < -0.39 is 5.41 Å². The van der Waals surface area contributed by atoms with Crippen molar-refractivity contribution in [2.75, 3.05) is 0 Å². The maximum atomic E-state index is 12.4. The fourth-order valence-electron chi connectivity index (χ4n) is 4.27. The second kappa shape index (κ2) is 4.32. The van der Waals surface area contributed by atoms with Crippen LogP contribution in [0.4, 0.5) is 0 Å². The number of esters is 2. The van der Waals surface area contributed by atoms with Gasteiger partial charge >= 0.3 is 11.9 Å². The van der Waals surface area contributed by atoms with Crippen molar-refractivity contribution >= 4 is 27.9 Å². The molecular weight excluding hydrogens is 296 g/mol. The van der Waals surface area contributed by atoms with Gasteiger partial charge in [0.15, 0.2) is 0 Å². The Morgan fingerprint density at radius 1 is 1.00 bits per heavy atom. The number of hydrogen-bond acceptors (Lipinski definition) is 3. The number of hydrogen-bond donors (Lipinski definition) is 0. The molecule has 0 aromatic heterocycles. The Hall–Kier alpha value is -0.380. The molecule has 1 heterocycles. The summed E-state index contributed by atoms with van der Waals surface area (Å²) in [5.74, 6) is -0.726. The van der Waals surface area contributed by atoms with Crippen molar-refractivity contribution in [1.29, 1.82) is 0 Å². The lowest BCUT2D eigenvalue weighted by Gasteiger charge is -2.48. The third-order valence-electron chi connectivity index (χ3n) is 5.20. The summed E-state index contributed by atoms with van der Waals surface area (Å²) in [5, 5.41) is 0. The van der Waals surface area contributed by atoms with E-state index in [2.05, 4.69) is 15.9 Å². The molecule has 1 aliphatic heterocycles. The molecule has 0 spiro atoms. The van der Waals surface area contributed by atoms with Gasteiger partial charge in [0.1, 0.15) is 0 Å². The topological polar surface area (TPSA) is 43.4 Å². The summed E-state index contributed by atoms with van der Waals surface area (Å²) >= 11 is 3.87. The van der Waals surface area contributed by atoms with Crippen molar-refractivity contribution in [2.24, 2.45) is 11.3 Å². The van der Waals surface area contributed by atoms with Crippen LogP contribution in [0.15, 0.2) is 0 Å². The number of carbonyl (C=O) groups is 2. The minimum absolute atomic E-state index is 0.198. The standard InChI is InChI=1S/C14H19BrO3/c15-13(7-3-1-4-8-13)14-9-5-2-6-10(14)11(16)18-12(14)17/h10H,1-9H2. The highest BCUT2D eigenvalue weighted by molar-refractivity contribution is 9.10. The van der Waals surface area contributed by atoms with Crippen molar-refractivity contribution in [3.8, 4) is 0 Å². The number of ether oxygens (including phenoxy) is 1. The molecule has 18 heavy (non-hydrogen) atoms. The Morgan fingerprint density at radius 3 is 2.39 bits per heavy atom. The Labute approximate surface area is 116 Å². The highest BCUT2D eigenvalue weighted by atomic mass is 79.9. The predicted molar refractivity (Wildman–Crippen MR) is 70.2 cm³/mol. The molecule has 0 radical (unpaired) electrons. The molecule has 3 rings (SSSR count). The average molecular weight is 315 g/mol. The molecule has 3 nitrogen and oxygen atoms in total. The molecule has 1 saturated heterocycles. The van der Waals surface area contributed by atoms with Crippen LogP contribution in [0.25, 0.3) is 0 Å². The van der Waals surface area contributed by atoms with Gasteiger partial charge in [0, 0.05) is 4.32 Å². The van der Waals surface area contributed by atoms with Crippen molar-refractivity contribution in [3.63, 3.8) is 0 Å². The summed E-state index contributed by atoms with van der Waals surface area (Å²) < 4.78 is 4.82. The summed E-state index contributed by atoms with van der Waals surface area (Å²) in [6, 6.07) is 0. The number of alkyl halides is 1. The molecule has 0 aromatic carbocycles. The fraction of sp³-hybridized carbons (Fsp3) is 0.857. The number of rotatable bonds is 1. The van der Waals surface area contributed by atoms with Gasteiger partial charge in [0.2, 0.25) is 0 Å². The third-order valence-corrected chi connectivity index (χ3v) is 6.70. The van der Waals surface area contributed by atoms with Crippen LogP contribution in [0.2, 0.25) is 0 Å². The van der Waals surface area contributed by atoms with Crippen molar-refractivity contribution in [2.45, 2.75) is 62.1 Å². The normalized spacial score (nSPS) is 39.3. The predicted octanol–water partition coefficient (Wildman–Crippen LogP) is 3.34. The van der Waals surface area contributed by atoms with Crippen LogP contribution in [0.3, 0.4) is 0 Å². The fourth-order valence-corrected chi connectivity index (χ4v) is 5.46. The van der Waals surface area contributed by atoms with Crippen molar-refractivity contribution in [3.05, 3.63) is 0 Å². The van der Waals surface area contributed by atoms with Gasteiger partial charge in [0.25, 0.3) is 0 Å². The molecule has 4 heteroatoms. The van der Waals surface area contributed by atoms with Gasteiger partial charge in [-0.3, -0.25) is 9.59 Å². The molecule has 0 bridgehead atoms. The first-order valence-electron chi connectivity index (χ1n) is 7.05. The second-order valence-corrected chi connectivity index (χ2v) is 7.52. The van der Waals surface area contributed by atoms with E-state index in [-0.39, 0.29) is 22.2 Å². The molecule has 3 aliphatic rings. The maximum absolute atomic E-state index is 12.4. The summed E-state index contributed by atoms with van der Waals surface area (Å²) in [6.07, 6.45) is 9.20. The molecule has 2 atom stereocenters. The van der Waals surface area contributed by atoms with E-state index >= 15 is 0 Å². The number of halogens is 1. The van der Waals surface area contributed by atoms with Crippen LogP contribution in [0.1, 0.15) is 57.8 Å². The van der Waals surface area contributed by atoms with Crippen LogP contribution in [0.5, 0.6) is 0 Å². The molecule has 2 unspecified atom stereocenters. The highest BCUT2D eigenvalue weighted by Gasteiger charge is 2.67. The van der Waals surface area contributed by atoms with Crippen LogP contribution >= 0.6 is 15.9 Å². The molecule has 3 fully saturated rings. The lowest BCUT2D eigenvalue weighted by atomic mass is 9.57. The monoisotopic (exact) mass is 314 g/mol. The summed E-state index contributed by atoms with van der Waals surface area (Å²) in [6.45, 7) is 0. The van der Waals surface area contributed by atoms with Crippen LogP contribution in [-0.4, -0.2) is 16.3 Å². The summed E-state index contributed by atoms with van der Waals surface area (Å²) in [4.78, 5) is 24.3. The lowest BCUT2D eigenvalue weighted by molar-refractivity contribution is -0.156. The van der Waals surface area contributed by atoms with Gasteiger partial charge in [-0.05, 0) is 25.7 Å². The van der Waals surface area contributed by atoms with E-state index in [1.807, 2.05) is 0 Å². The maximum Gasteiger partial charge on any atom is 0.322 e. The van der Waals surface area contributed by atoms with E-state index in [0.717, 1.165) is 51.4 Å². The molecule has 100 valence electrons. The second-order valence-electron chi connectivity index (χ2n) is 6.00. The van der Waals surface area contributed by atoms with Crippen LogP contribution in [0, 0.1) is 11.3 Å². The average Bonchev–Trinajstić information content (AvgIpc) is 2.64. The zero-order valence-corrected chi connectivity index (χ0v) is 12.1. The van der Waals surface area contributed by atoms with E-state index in [0.29, 0.717) is 0 Å². The Kier molecular flexibility index (Phi) is 3.04. The first-order valence-corrected chi connectivity index (χ1v) is 7.84. The third kappa shape index (κ3) is 1.54. The van der Waals surface area contributed by atoms with E-state index in [9.17, 15) is 9.59 Å². The van der Waals surface area contributed by atoms with Gasteiger partial charge in [0.05, 0.1) is 11.3 Å². The smallest absolute Gasteiger partial charge is 0.322 e. The van der Waals surface area contributed by atoms with Gasteiger partial charge in [-0.15, -0.1) is 0 Å². The van der Waals surface area contributed by atoms with E-state index in [1.54, 1.807) is 0 Å². The minimum atomic E-state index is -0.567. The molecule has 2 saturated carbocycles. The molecule has 0 N–H and O–H groups in total. The number of carbonyl (C=O) groups excluding carboxylic acids is 2. The van der Waals surface area contributed by atoms with Crippen molar-refractivity contribution in [1.82, 2.24) is 0 Å². The zero-order chi connectivity index (χ0) is 12.8. The van der Waals surface area contributed by atoms with E-state index in [4.69, 9.17) is 4.74 Å². The number of cyclic esters (lactones) is 2. The van der Waals surface area contributed by atoms with Gasteiger partial charge in [-0.25, -0.2) is 0 Å². The Morgan fingerprint density at radius 2 is 1.67 bits per heavy atom. The molecular formula is C14H19BrO3. The highest BCUT2D eigenvalue weighted by Crippen LogP contribution is 2.61. The molecule has 0 aromatic rings. The largest absolute Gasteiger partial charge is 0.392 e. The summed E-state index contributed by atoms with van der Waals surface area (Å²) in [7, 11) is 0. The van der Waals surface area contributed by atoms with Crippen LogP contribution in [-0.2, 0) is 14.3 Å². The van der Waals surface area contributed by atoms with Gasteiger partial charge in [-0.1, -0.05) is 48.0 Å². The Bertz CT molecular complexity index is 387. The van der Waals surface area contributed by atoms with E-state index in [1.165, 1.54) is 6.42 Å². The lowest BCUT2D eigenvalue weighted by Crippen LogP contribution is -2.53. The summed E-state index contributed by atoms with van der Waals surface area (Å²) in [5.41, 5.74) is -0.567. The van der Waals surface area contributed by atoms with Gasteiger partial charge < -0.3 is 4.74 Å². The van der Waals surface area contributed by atoms with Crippen LogP contribution < -0.4 is 0 Å². The molecule has 0 amide bonds. The quantitative estimate of drug-likeness (QED) is 0.423. The SMILES string of the molecule is O=C1OC(=O)C2(C3(Br)CCCCC3)CCCCC12.